The molecule has 0 spiro atoms. The number of hydrogen-bond acceptors (Lipinski definition) is 3. The Bertz CT molecular complexity index is 660. The molecule has 0 N–H and O–H groups in total. The Labute approximate surface area is 150 Å². The number of allylic oxidation sites excluding steroid dienone is 4. The fraction of sp³-hybridized carbons (Fsp3) is 0.727. The number of fused-ring (bicyclic) bond motifs is 5. The van der Waals surface area contributed by atoms with Gasteiger partial charge in [-0.05, 0) is 68.4 Å². The molecule has 3 saturated carbocycles. The number of ether oxygens (including phenoxy) is 1. The molecule has 136 valence electrons. The van der Waals surface area contributed by atoms with E-state index in [0.29, 0.717) is 24.2 Å². The average Bonchev–Trinajstić information content (AvgIpc) is 2.92. The molecule has 0 bridgehead atoms. The lowest BCUT2D eigenvalue weighted by Gasteiger charge is -2.56. The highest BCUT2D eigenvalue weighted by molar-refractivity contribution is 6.01. The number of carbonyl (C=O) groups excluding carboxylic acids is 2. The van der Waals surface area contributed by atoms with Crippen LogP contribution in [0.1, 0.15) is 65.7 Å². The molecule has 3 fully saturated rings. The zero-order chi connectivity index (χ0) is 17.8. The second-order valence-electron chi connectivity index (χ2n) is 9.06. The third-order valence-electron chi connectivity index (χ3n) is 8.03. The first kappa shape index (κ1) is 17.1. The molecule has 6 atom stereocenters. The molecular formula is C22H30O3. The lowest BCUT2D eigenvalue weighted by Crippen LogP contribution is -2.51. The topological polar surface area (TPSA) is 43.4 Å². The summed E-state index contributed by atoms with van der Waals surface area (Å²) >= 11 is 0. The Morgan fingerprint density at radius 2 is 2.00 bits per heavy atom. The molecule has 0 saturated heterocycles. The predicted molar refractivity (Wildman–Crippen MR) is 96.8 cm³/mol. The number of esters is 1. The van der Waals surface area contributed by atoms with Crippen LogP contribution in [0.3, 0.4) is 0 Å². The van der Waals surface area contributed by atoms with E-state index in [-0.39, 0.29) is 28.7 Å². The minimum atomic E-state index is -0.0523. The third-order valence-corrected chi connectivity index (χ3v) is 8.03. The summed E-state index contributed by atoms with van der Waals surface area (Å²) in [5.41, 5.74) is 1.53. The van der Waals surface area contributed by atoms with Crippen molar-refractivity contribution in [3.05, 3.63) is 23.8 Å². The highest BCUT2D eigenvalue weighted by atomic mass is 16.5. The lowest BCUT2D eigenvalue weighted by atomic mass is 9.48. The van der Waals surface area contributed by atoms with Crippen molar-refractivity contribution in [2.75, 3.05) is 0 Å². The van der Waals surface area contributed by atoms with Crippen molar-refractivity contribution in [3.63, 3.8) is 0 Å². The third kappa shape index (κ3) is 2.45. The summed E-state index contributed by atoms with van der Waals surface area (Å²) in [6.45, 7) is 6.58. The van der Waals surface area contributed by atoms with Gasteiger partial charge in [-0.15, -0.1) is 0 Å². The molecule has 3 nitrogen and oxygen atoms in total. The summed E-state index contributed by atoms with van der Waals surface area (Å²) in [4.78, 5) is 23.7. The number of hydrogen-bond donors (Lipinski definition) is 0. The molecule has 0 aliphatic heterocycles. The van der Waals surface area contributed by atoms with Gasteiger partial charge in [-0.3, -0.25) is 9.59 Å². The molecule has 0 heterocycles. The largest absolute Gasteiger partial charge is 0.462 e. The smallest absolute Gasteiger partial charge is 0.305 e. The summed E-state index contributed by atoms with van der Waals surface area (Å²) in [6, 6.07) is 0. The van der Waals surface area contributed by atoms with Crippen LogP contribution in [0, 0.1) is 28.6 Å². The molecule has 0 amide bonds. The summed E-state index contributed by atoms with van der Waals surface area (Å²) in [5, 5.41) is 0. The maximum atomic E-state index is 11.9. The molecule has 25 heavy (non-hydrogen) atoms. The molecule has 4 aliphatic rings. The Kier molecular flexibility index (Phi) is 3.97. The molecule has 0 aromatic rings. The van der Waals surface area contributed by atoms with Crippen molar-refractivity contribution in [2.24, 2.45) is 28.6 Å². The maximum absolute atomic E-state index is 11.9. The van der Waals surface area contributed by atoms with Crippen LogP contribution in [0.25, 0.3) is 0 Å². The Morgan fingerprint density at radius 3 is 2.76 bits per heavy atom. The molecule has 4 rings (SSSR count). The zero-order valence-corrected chi connectivity index (χ0v) is 15.7. The van der Waals surface area contributed by atoms with E-state index in [9.17, 15) is 9.59 Å². The Balaban J connectivity index is 1.60. The fourth-order valence-corrected chi connectivity index (χ4v) is 6.59. The van der Waals surface area contributed by atoms with Gasteiger partial charge < -0.3 is 4.74 Å². The van der Waals surface area contributed by atoms with Gasteiger partial charge in [0.15, 0.2) is 5.78 Å². The van der Waals surface area contributed by atoms with Crippen molar-refractivity contribution in [1.29, 1.82) is 0 Å². The van der Waals surface area contributed by atoms with Gasteiger partial charge in [0, 0.05) is 17.3 Å². The van der Waals surface area contributed by atoms with Crippen LogP contribution >= 0.6 is 0 Å². The second kappa shape index (κ2) is 5.82. The van der Waals surface area contributed by atoms with Crippen LogP contribution in [0.2, 0.25) is 0 Å². The van der Waals surface area contributed by atoms with Gasteiger partial charge in [0.25, 0.3) is 0 Å². The SMILES string of the molecule is CCC(=O)O[C@@H]1CC[C@H]2[C@H]3CCC4=CC(=O)C=C[C@]4(C)[C@@H]3CC[C@]12C. The lowest BCUT2D eigenvalue weighted by molar-refractivity contribution is -0.158. The van der Waals surface area contributed by atoms with Crippen molar-refractivity contribution >= 4 is 11.8 Å². The predicted octanol–water partition coefficient (Wildman–Crippen LogP) is 4.62. The highest BCUT2D eigenvalue weighted by Crippen LogP contribution is 2.64. The van der Waals surface area contributed by atoms with Crippen LogP contribution in [0.15, 0.2) is 23.8 Å². The van der Waals surface area contributed by atoms with E-state index in [2.05, 4.69) is 19.9 Å². The molecule has 0 unspecified atom stereocenters. The normalized spacial score (nSPS) is 45.2. The van der Waals surface area contributed by atoms with Gasteiger partial charge >= 0.3 is 5.97 Å². The van der Waals surface area contributed by atoms with Crippen LogP contribution in [-0.2, 0) is 14.3 Å². The van der Waals surface area contributed by atoms with Gasteiger partial charge in [0.1, 0.15) is 6.10 Å². The number of ketones is 1. The zero-order valence-electron chi connectivity index (χ0n) is 15.7. The van der Waals surface area contributed by atoms with E-state index in [4.69, 9.17) is 4.74 Å². The van der Waals surface area contributed by atoms with Crippen LogP contribution in [0.5, 0.6) is 0 Å². The molecule has 4 aliphatic carbocycles. The first-order chi connectivity index (χ1) is 11.9. The first-order valence-corrected chi connectivity index (χ1v) is 10.0. The quantitative estimate of drug-likeness (QED) is 0.688. The van der Waals surface area contributed by atoms with Gasteiger partial charge in [0.2, 0.25) is 0 Å². The summed E-state index contributed by atoms with van der Waals surface area (Å²) < 4.78 is 5.85. The number of rotatable bonds is 2. The summed E-state index contributed by atoms with van der Waals surface area (Å²) in [7, 11) is 0. The maximum Gasteiger partial charge on any atom is 0.305 e. The van der Waals surface area contributed by atoms with E-state index in [0.717, 1.165) is 19.3 Å². The Hall–Kier alpha value is -1.38. The van der Waals surface area contributed by atoms with E-state index in [1.54, 1.807) is 6.08 Å². The molecule has 0 aromatic heterocycles. The summed E-state index contributed by atoms with van der Waals surface area (Å²) in [5.74, 6) is 2.05. The van der Waals surface area contributed by atoms with E-state index >= 15 is 0 Å². The molecule has 0 aromatic carbocycles. The van der Waals surface area contributed by atoms with Crippen molar-refractivity contribution in [1.82, 2.24) is 0 Å². The van der Waals surface area contributed by atoms with Gasteiger partial charge in [0.05, 0.1) is 0 Å². The minimum absolute atomic E-state index is 0.0519. The van der Waals surface area contributed by atoms with E-state index < -0.39 is 0 Å². The van der Waals surface area contributed by atoms with Crippen LogP contribution in [0.4, 0.5) is 0 Å². The van der Waals surface area contributed by atoms with Gasteiger partial charge in [-0.1, -0.05) is 32.4 Å². The molecule has 0 radical (unpaired) electrons. The van der Waals surface area contributed by atoms with E-state index in [1.807, 2.05) is 13.0 Å². The molecule has 3 heteroatoms. The van der Waals surface area contributed by atoms with Crippen molar-refractivity contribution < 1.29 is 14.3 Å². The fourth-order valence-electron chi connectivity index (χ4n) is 6.59. The van der Waals surface area contributed by atoms with Gasteiger partial charge in [-0.25, -0.2) is 0 Å². The first-order valence-electron chi connectivity index (χ1n) is 10.0. The highest BCUT2D eigenvalue weighted by Gasteiger charge is 2.59. The van der Waals surface area contributed by atoms with Crippen molar-refractivity contribution in [3.8, 4) is 0 Å². The van der Waals surface area contributed by atoms with E-state index in [1.165, 1.54) is 24.8 Å². The second-order valence-corrected chi connectivity index (χ2v) is 9.06. The van der Waals surface area contributed by atoms with Gasteiger partial charge in [-0.2, -0.15) is 0 Å². The van der Waals surface area contributed by atoms with Crippen LogP contribution in [-0.4, -0.2) is 17.9 Å². The molecular weight excluding hydrogens is 312 g/mol. The minimum Gasteiger partial charge on any atom is -0.462 e. The van der Waals surface area contributed by atoms with Crippen molar-refractivity contribution in [2.45, 2.75) is 71.8 Å². The number of carbonyl (C=O) groups is 2. The average molecular weight is 342 g/mol. The monoisotopic (exact) mass is 342 g/mol. The standard InChI is InChI=1S/C22H30O3/c1-4-20(24)25-19-8-7-17-16-6-5-14-13-15(23)9-11-21(14,2)18(16)10-12-22(17,19)3/h9,11,13,16-19H,4-8,10,12H2,1-3H3/t16-,17+,18-,19-,21+,22+/m1/s1. The van der Waals surface area contributed by atoms with Crippen LogP contribution < -0.4 is 0 Å². The summed E-state index contributed by atoms with van der Waals surface area (Å²) in [6.07, 6.45) is 13.1. The Morgan fingerprint density at radius 1 is 1.20 bits per heavy atom.